The highest BCUT2D eigenvalue weighted by Gasteiger charge is 2.02. The number of thiol groups is 1. The normalized spacial score (nSPS) is 12.0. The van der Waals surface area contributed by atoms with Crippen LogP contribution in [-0.2, 0) is 0 Å². The Hall–Kier alpha value is 0.270. The van der Waals surface area contributed by atoms with Gasteiger partial charge in [-0.2, -0.15) is 0 Å². The second-order valence-corrected chi connectivity index (χ2v) is 4.52. The summed E-state index contributed by atoms with van der Waals surface area (Å²) in [5.41, 5.74) is 0.134. The number of hydrogen-bond donors (Lipinski definition) is 3. The van der Waals surface area contributed by atoms with Crippen molar-refractivity contribution in [3.8, 4) is 0 Å². The van der Waals surface area contributed by atoms with Crippen LogP contribution in [0.5, 0.6) is 0 Å². The molecular weight excluding hydrogens is 168 g/mol. The van der Waals surface area contributed by atoms with Crippen LogP contribution in [0.1, 0.15) is 27.7 Å². The van der Waals surface area contributed by atoms with E-state index in [1.807, 2.05) is 0 Å². The Balaban J connectivity index is 3.27. The van der Waals surface area contributed by atoms with E-state index in [1.165, 1.54) is 0 Å². The lowest BCUT2D eigenvalue weighted by Gasteiger charge is -2.17. The Morgan fingerprint density at radius 1 is 0.917 bits per heavy atom. The first-order valence-corrected chi connectivity index (χ1v) is 5.18. The van der Waals surface area contributed by atoms with E-state index in [1.54, 1.807) is 0 Å². The van der Waals surface area contributed by atoms with Gasteiger partial charge in [0.15, 0.2) is 0 Å². The van der Waals surface area contributed by atoms with Crippen LogP contribution >= 0.6 is 12.6 Å². The first kappa shape index (κ1) is 12.3. The molecule has 74 valence electrons. The maximum Gasteiger partial charge on any atom is 0.103 e. The van der Waals surface area contributed by atoms with Crippen LogP contribution in [0, 0.1) is 11.8 Å². The van der Waals surface area contributed by atoms with Gasteiger partial charge in [-0.15, -0.1) is 12.6 Å². The molecule has 0 aliphatic carbocycles. The summed E-state index contributed by atoms with van der Waals surface area (Å²) in [6.07, 6.45) is 0. The van der Waals surface area contributed by atoms with Crippen molar-refractivity contribution in [2.75, 3.05) is 13.1 Å². The van der Waals surface area contributed by atoms with Gasteiger partial charge >= 0.3 is 0 Å². The van der Waals surface area contributed by atoms with Gasteiger partial charge in [0, 0.05) is 0 Å². The maximum atomic E-state index is 4.36. The average molecular weight is 190 g/mol. The minimum Gasteiger partial charge on any atom is -0.293 e. The van der Waals surface area contributed by atoms with Gasteiger partial charge in [-0.3, -0.25) is 10.6 Å². The molecule has 2 N–H and O–H groups in total. The van der Waals surface area contributed by atoms with Crippen LogP contribution < -0.4 is 10.6 Å². The zero-order valence-electron chi connectivity index (χ0n) is 8.59. The van der Waals surface area contributed by atoms with E-state index in [0.717, 1.165) is 13.1 Å². The molecule has 12 heavy (non-hydrogen) atoms. The van der Waals surface area contributed by atoms with Crippen LogP contribution in [-0.4, -0.2) is 18.6 Å². The highest BCUT2D eigenvalue weighted by Crippen LogP contribution is 1.93. The average Bonchev–Trinajstić information content (AvgIpc) is 1.96. The van der Waals surface area contributed by atoms with Crippen molar-refractivity contribution in [3.05, 3.63) is 0 Å². The van der Waals surface area contributed by atoms with Gasteiger partial charge in [0.1, 0.15) is 5.50 Å². The van der Waals surface area contributed by atoms with Crippen LogP contribution in [0.15, 0.2) is 0 Å². The smallest absolute Gasteiger partial charge is 0.103 e. The zero-order valence-corrected chi connectivity index (χ0v) is 9.49. The van der Waals surface area contributed by atoms with Crippen LogP contribution in [0.4, 0.5) is 0 Å². The van der Waals surface area contributed by atoms with Gasteiger partial charge in [-0.05, 0) is 24.9 Å². The first-order valence-electron chi connectivity index (χ1n) is 4.67. The second-order valence-electron chi connectivity index (χ2n) is 4.01. The SMILES string of the molecule is CC(C)CNC(S)NCC(C)C. The minimum absolute atomic E-state index is 0.134. The number of rotatable bonds is 6. The van der Waals surface area contributed by atoms with Crippen molar-refractivity contribution >= 4 is 12.6 Å². The molecule has 0 amide bonds. The highest BCUT2D eigenvalue weighted by atomic mass is 32.1. The van der Waals surface area contributed by atoms with Crippen LogP contribution in [0.3, 0.4) is 0 Å². The largest absolute Gasteiger partial charge is 0.293 e. The third-order valence-electron chi connectivity index (χ3n) is 1.44. The van der Waals surface area contributed by atoms with Gasteiger partial charge in [-0.1, -0.05) is 27.7 Å². The predicted molar refractivity (Wildman–Crippen MR) is 58.5 cm³/mol. The highest BCUT2D eigenvalue weighted by molar-refractivity contribution is 7.80. The molecule has 0 saturated carbocycles. The number of hydrogen-bond acceptors (Lipinski definition) is 3. The fraction of sp³-hybridized carbons (Fsp3) is 1.00. The number of nitrogens with one attached hydrogen (secondary N) is 2. The molecule has 0 unspecified atom stereocenters. The Kier molecular flexibility index (Phi) is 6.90. The van der Waals surface area contributed by atoms with Gasteiger partial charge in [0.2, 0.25) is 0 Å². The lowest BCUT2D eigenvalue weighted by atomic mass is 10.2. The summed E-state index contributed by atoms with van der Waals surface area (Å²) in [5, 5.41) is 6.58. The molecule has 0 aliphatic rings. The Bertz CT molecular complexity index is 92.7. The molecule has 3 heteroatoms. The standard InChI is InChI=1S/C9H22N2S/c1-7(2)5-10-9(12)11-6-8(3)4/h7-12H,5-6H2,1-4H3. The van der Waals surface area contributed by atoms with Crippen molar-refractivity contribution < 1.29 is 0 Å². The molecule has 0 saturated heterocycles. The first-order chi connectivity index (χ1) is 5.52. The zero-order chi connectivity index (χ0) is 9.56. The summed E-state index contributed by atoms with van der Waals surface area (Å²) < 4.78 is 0. The van der Waals surface area contributed by atoms with Gasteiger partial charge < -0.3 is 0 Å². The molecule has 0 aromatic rings. The topological polar surface area (TPSA) is 24.1 Å². The Morgan fingerprint density at radius 2 is 1.25 bits per heavy atom. The summed E-state index contributed by atoms with van der Waals surface area (Å²) in [4.78, 5) is 0. The van der Waals surface area contributed by atoms with Gasteiger partial charge in [-0.25, -0.2) is 0 Å². The monoisotopic (exact) mass is 190 g/mol. The molecule has 0 radical (unpaired) electrons. The molecule has 0 atom stereocenters. The third-order valence-corrected chi connectivity index (χ3v) is 1.80. The van der Waals surface area contributed by atoms with Crippen molar-refractivity contribution in [1.29, 1.82) is 0 Å². The summed E-state index contributed by atoms with van der Waals surface area (Å²) in [7, 11) is 0. The fourth-order valence-corrected chi connectivity index (χ4v) is 0.978. The van der Waals surface area contributed by atoms with Gasteiger partial charge in [0.25, 0.3) is 0 Å². The lowest BCUT2D eigenvalue weighted by Crippen LogP contribution is -2.41. The fourth-order valence-electron chi connectivity index (χ4n) is 0.767. The summed E-state index contributed by atoms with van der Waals surface area (Å²) in [6.45, 7) is 10.8. The molecule has 0 spiro atoms. The van der Waals surface area contributed by atoms with E-state index in [-0.39, 0.29) is 5.50 Å². The third kappa shape index (κ3) is 8.37. The van der Waals surface area contributed by atoms with Crippen LogP contribution in [0.2, 0.25) is 0 Å². The van der Waals surface area contributed by atoms with E-state index < -0.39 is 0 Å². The lowest BCUT2D eigenvalue weighted by molar-refractivity contribution is 0.460. The Labute approximate surface area is 81.9 Å². The molecule has 0 fully saturated rings. The van der Waals surface area contributed by atoms with Crippen molar-refractivity contribution in [2.45, 2.75) is 33.2 Å². The van der Waals surface area contributed by atoms with E-state index in [0.29, 0.717) is 11.8 Å². The molecular formula is C9H22N2S. The molecule has 0 aromatic heterocycles. The Morgan fingerprint density at radius 3 is 1.50 bits per heavy atom. The van der Waals surface area contributed by atoms with E-state index >= 15 is 0 Å². The van der Waals surface area contributed by atoms with E-state index in [4.69, 9.17) is 0 Å². The summed E-state index contributed by atoms with van der Waals surface area (Å²) in [6, 6.07) is 0. The minimum atomic E-state index is 0.134. The van der Waals surface area contributed by atoms with Crippen molar-refractivity contribution in [3.63, 3.8) is 0 Å². The molecule has 0 heterocycles. The molecule has 0 bridgehead atoms. The molecule has 0 aliphatic heterocycles. The van der Waals surface area contributed by atoms with Crippen LogP contribution in [0.25, 0.3) is 0 Å². The second kappa shape index (κ2) is 6.75. The molecule has 0 rings (SSSR count). The van der Waals surface area contributed by atoms with Crippen molar-refractivity contribution in [2.24, 2.45) is 11.8 Å². The maximum absolute atomic E-state index is 4.36. The predicted octanol–water partition coefficient (Wildman–Crippen LogP) is 1.69. The quantitative estimate of drug-likeness (QED) is 0.438. The summed E-state index contributed by atoms with van der Waals surface area (Å²) in [5.74, 6) is 1.36. The molecule has 2 nitrogen and oxygen atoms in total. The van der Waals surface area contributed by atoms with Gasteiger partial charge in [0.05, 0.1) is 0 Å². The van der Waals surface area contributed by atoms with E-state index in [9.17, 15) is 0 Å². The molecule has 0 aromatic carbocycles. The van der Waals surface area contributed by atoms with Crippen molar-refractivity contribution in [1.82, 2.24) is 10.6 Å². The van der Waals surface area contributed by atoms with E-state index in [2.05, 4.69) is 51.0 Å². The summed E-state index contributed by atoms with van der Waals surface area (Å²) >= 11 is 4.36.